The third-order valence-corrected chi connectivity index (χ3v) is 3.64. The first-order chi connectivity index (χ1) is 9.31. The molecule has 4 heteroatoms. The first-order valence-corrected chi connectivity index (χ1v) is 7.34. The molecule has 0 aromatic carbocycles. The summed E-state index contributed by atoms with van der Waals surface area (Å²) < 4.78 is 11.1. The van der Waals surface area contributed by atoms with E-state index in [-0.39, 0.29) is 0 Å². The number of nitrogens with zero attached hydrogens (tertiary/aromatic N) is 1. The van der Waals surface area contributed by atoms with E-state index in [0.717, 1.165) is 44.9 Å². The third kappa shape index (κ3) is 4.64. The van der Waals surface area contributed by atoms with E-state index in [2.05, 4.69) is 23.2 Å². The maximum absolute atomic E-state index is 5.64. The maximum atomic E-state index is 5.64. The Morgan fingerprint density at radius 3 is 3.21 bits per heavy atom. The van der Waals surface area contributed by atoms with Crippen molar-refractivity contribution in [3.8, 4) is 0 Å². The molecule has 1 aromatic heterocycles. The van der Waals surface area contributed by atoms with Crippen LogP contribution in [0.3, 0.4) is 0 Å². The standard InChI is InChI=1S/C15H26N2O2/c1-3-6-16-9-13-8-15(19-12-13)11-17-7-4-5-14(10-17)18-2/h8,12,14,16H,3-7,9-11H2,1-2H3. The zero-order chi connectivity index (χ0) is 13.5. The normalized spacial score (nSPS) is 20.8. The van der Waals surface area contributed by atoms with Crippen LogP contribution in [0.25, 0.3) is 0 Å². The first-order valence-electron chi connectivity index (χ1n) is 7.34. The summed E-state index contributed by atoms with van der Waals surface area (Å²) in [5.41, 5.74) is 1.24. The lowest BCUT2D eigenvalue weighted by Crippen LogP contribution is -2.38. The minimum absolute atomic E-state index is 0.384. The van der Waals surface area contributed by atoms with Crippen LogP contribution in [0.5, 0.6) is 0 Å². The smallest absolute Gasteiger partial charge is 0.118 e. The molecule has 1 aliphatic heterocycles. The molecule has 4 nitrogen and oxygen atoms in total. The quantitative estimate of drug-likeness (QED) is 0.769. The molecule has 0 bridgehead atoms. The summed E-state index contributed by atoms with van der Waals surface area (Å²) in [7, 11) is 1.80. The summed E-state index contributed by atoms with van der Waals surface area (Å²) in [4.78, 5) is 2.42. The molecule has 0 amide bonds. The molecule has 2 rings (SSSR count). The number of piperidine rings is 1. The molecule has 1 unspecified atom stereocenters. The minimum Gasteiger partial charge on any atom is -0.468 e. The number of methoxy groups -OCH3 is 1. The highest BCUT2D eigenvalue weighted by Gasteiger charge is 2.20. The SMILES string of the molecule is CCCNCc1coc(CN2CCCC(OC)C2)c1. The van der Waals surface area contributed by atoms with E-state index in [1.54, 1.807) is 7.11 Å². The average molecular weight is 266 g/mol. The van der Waals surface area contributed by atoms with Gasteiger partial charge in [-0.2, -0.15) is 0 Å². The zero-order valence-electron chi connectivity index (χ0n) is 12.2. The fraction of sp³-hybridized carbons (Fsp3) is 0.733. The highest BCUT2D eigenvalue weighted by Crippen LogP contribution is 2.17. The second kappa shape index (κ2) is 7.68. The molecular weight excluding hydrogens is 240 g/mol. The van der Waals surface area contributed by atoms with Crippen LogP contribution in [-0.2, 0) is 17.8 Å². The topological polar surface area (TPSA) is 37.6 Å². The van der Waals surface area contributed by atoms with Gasteiger partial charge >= 0.3 is 0 Å². The van der Waals surface area contributed by atoms with Crippen molar-refractivity contribution in [2.24, 2.45) is 0 Å². The van der Waals surface area contributed by atoms with Crippen LogP contribution in [0.2, 0.25) is 0 Å². The van der Waals surface area contributed by atoms with Crippen molar-refractivity contribution in [1.29, 1.82) is 0 Å². The molecule has 1 N–H and O–H groups in total. The molecule has 1 fully saturated rings. The summed E-state index contributed by atoms with van der Waals surface area (Å²) in [5, 5.41) is 3.39. The van der Waals surface area contributed by atoms with E-state index in [4.69, 9.17) is 9.15 Å². The largest absolute Gasteiger partial charge is 0.468 e. The van der Waals surface area contributed by atoms with Crippen molar-refractivity contribution < 1.29 is 9.15 Å². The lowest BCUT2D eigenvalue weighted by atomic mass is 10.1. The van der Waals surface area contributed by atoms with E-state index in [9.17, 15) is 0 Å². The number of likely N-dealkylation sites (tertiary alicyclic amines) is 1. The van der Waals surface area contributed by atoms with Crippen molar-refractivity contribution >= 4 is 0 Å². The first kappa shape index (κ1) is 14.6. The van der Waals surface area contributed by atoms with Crippen LogP contribution in [0.4, 0.5) is 0 Å². The molecule has 19 heavy (non-hydrogen) atoms. The van der Waals surface area contributed by atoms with Gasteiger partial charge in [-0.25, -0.2) is 0 Å². The summed E-state index contributed by atoms with van der Waals surface area (Å²) in [6.45, 7) is 7.19. The highest BCUT2D eigenvalue weighted by molar-refractivity contribution is 5.12. The predicted octanol–water partition coefficient (Wildman–Crippen LogP) is 2.39. The summed E-state index contributed by atoms with van der Waals surface area (Å²) >= 11 is 0. The van der Waals surface area contributed by atoms with Gasteiger partial charge in [0.05, 0.1) is 18.9 Å². The third-order valence-electron chi connectivity index (χ3n) is 3.64. The molecule has 1 aromatic rings. The number of hydrogen-bond acceptors (Lipinski definition) is 4. The Hall–Kier alpha value is -0.840. The minimum atomic E-state index is 0.384. The summed E-state index contributed by atoms with van der Waals surface area (Å²) in [6.07, 6.45) is 5.81. The van der Waals surface area contributed by atoms with E-state index >= 15 is 0 Å². The second-order valence-electron chi connectivity index (χ2n) is 5.33. The van der Waals surface area contributed by atoms with Crippen LogP contribution in [0.1, 0.15) is 37.5 Å². The van der Waals surface area contributed by atoms with Crippen LogP contribution in [-0.4, -0.2) is 37.7 Å². The fourth-order valence-corrected chi connectivity index (χ4v) is 2.58. The molecule has 1 aliphatic rings. The van der Waals surface area contributed by atoms with E-state index < -0.39 is 0 Å². The number of furan rings is 1. The van der Waals surface area contributed by atoms with Gasteiger partial charge in [0.15, 0.2) is 0 Å². The van der Waals surface area contributed by atoms with Crippen molar-refractivity contribution in [3.63, 3.8) is 0 Å². The van der Waals surface area contributed by atoms with E-state index in [0.29, 0.717) is 6.10 Å². The van der Waals surface area contributed by atoms with Gasteiger partial charge in [0.25, 0.3) is 0 Å². The van der Waals surface area contributed by atoms with Gasteiger partial charge in [-0.15, -0.1) is 0 Å². The molecule has 0 saturated carbocycles. The highest BCUT2D eigenvalue weighted by atomic mass is 16.5. The van der Waals surface area contributed by atoms with Crippen LogP contribution >= 0.6 is 0 Å². The molecular formula is C15H26N2O2. The Morgan fingerprint density at radius 1 is 1.53 bits per heavy atom. The van der Waals surface area contributed by atoms with Crippen LogP contribution in [0, 0.1) is 0 Å². The van der Waals surface area contributed by atoms with Crippen molar-refractivity contribution in [1.82, 2.24) is 10.2 Å². The van der Waals surface area contributed by atoms with Gasteiger partial charge in [-0.3, -0.25) is 4.90 Å². The van der Waals surface area contributed by atoms with Crippen molar-refractivity contribution in [2.75, 3.05) is 26.7 Å². The second-order valence-corrected chi connectivity index (χ2v) is 5.33. The molecule has 1 saturated heterocycles. The maximum Gasteiger partial charge on any atom is 0.118 e. The van der Waals surface area contributed by atoms with Gasteiger partial charge in [0.2, 0.25) is 0 Å². The predicted molar refractivity (Wildman–Crippen MR) is 76.0 cm³/mol. The Labute approximate surface area is 116 Å². The lowest BCUT2D eigenvalue weighted by molar-refractivity contribution is 0.0263. The Morgan fingerprint density at radius 2 is 2.42 bits per heavy atom. The van der Waals surface area contributed by atoms with Crippen LogP contribution in [0.15, 0.2) is 16.7 Å². The lowest BCUT2D eigenvalue weighted by Gasteiger charge is -2.31. The van der Waals surface area contributed by atoms with Gasteiger partial charge in [0.1, 0.15) is 5.76 Å². The number of hydrogen-bond donors (Lipinski definition) is 1. The monoisotopic (exact) mass is 266 g/mol. The summed E-state index contributed by atoms with van der Waals surface area (Å²) in [6, 6.07) is 2.17. The van der Waals surface area contributed by atoms with Crippen LogP contribution < -0.4 is 5.32 Å². The fourth-order valence-electron chi connectivity index (χ4n) is 2.58. The number of rotatable bonds is 7. The molecule has 1 atom stereocenters. The average Bonchev–Trinajstić information content (AvgIpc) is 2.87. The Balaban J connectivity index is 1.78. The Kier molecular flexibility index (Phi) is 5.89. The molecule has 0 spiro atoms. The molecule has 2 heterocycles. The summed E-state index contributed by atoms with van der Waals surface area (Å²) in [5.74, 6) is 1.06. The molecule has 0 aliphatic carbocycles. The van der Waals surface area contributed by atoms with E-state index in [1.165, 1.54) is 18.4 Å². The van der Waals surface area contributed by atoms with Gasteiger partial charge in [-0.05, 0) is 38.4 Å². The Bertz CT molecular complexity index is 365. The van der Waals surface area contributed by atoms with Gasteiger partial charge in [-0.1, -0.05) is 6.92 Å². The number of nitrogens with one attached hydrogen (secondary N) is 1. The molecule has 108 valence electrons. The van der Waals surface area contributed by atoms with Gasteiger partial charge < -0.3 is 14.5 Å². The number of ether oxygens (including phenoxy) is 1. The van der Waals surface area contributed by atoms with Gasteiger partial charge in [0, 0.05) is 25.8 Å². The molecule has 0 radical (unpaired) electrons. The van der Waals surface area contributed by atoms with E-state index in [1.807, 2.05) is 6.26 Å². The van der Waals surface area contributed by atoms with Crippen molar-refractivity contribution in [3.05, 3.63) is 23.7 Å². The van der Waals surface area contributed by atoms with Crippen molar-refractivity contribution in [2.45, 2.75) is 45.4 Å². The zero-order valence-corrected chi connectivity index (χ0v) is 12.2.